The van der Waals surface area contributed by atoms with Crippen molar-refractivity contribution in [1.82, 2.24) is 14.1 Å². The van der Waals surface area contributed by atoms with E-state index in [1.165, 1.54) is 0 Å². The number of hydrogen-bond acceptors (Lipinski definition) is 4. The highest BCUT2D eigenvalue weighted by Gasteiger charge is 2.50. The van der Waals surface area contributed by atoms with Crippen molar-refractivity contribution in [1.29, 1.82) is 0 Å². The molecule has 0 aromatic carbocycles. The van der Waals surface area contributed by atoms with Gasteiger partial charge in [-0.2, -0.15) is 9.40 Å². The largest absolute Gasteiger partial charge is 0.375 e. The molecule has 2 saturated carbocycles. The number of rotatable bonds is 4. The molecule has 7 heteroatoms. The van der Waals surface area contributed by atoms with Gasteiger partial charge in [0.25, 0.3) is 0 Å². The second-order valence-electron chi connectivity index (χ2n) is 6.32. The molecule has 2 heterocycles. The Balaban J connectivity index is 1.52. The molecule has 4 rings (SSSR count). The zero-order valence-electron chi connectivity index (χ0n) is 12.0. The van der Waals surface area contributed by atoms with Crippen molar-refractivity contribution in [2.75, 3.05) is 13.2 Å². The molecule has 3 aliphatic rings. The molecule has 0 spiro atoms. The van der Waals surface area contributed by atoms with Crippen molar-refractivity contribution in [2.24, 2.45) is 5.92 Å². The van der Waals surface area contributed by atoms with Crippen LogP contribution in [0, 0.1) is 5.92 Å². The quantitative estimate of drug-likeness (QED) is 0.827. The van der Waals surface area contributed by atoms with Gasteiger partial charge in [0.2, 0.25) is 10.0 Å². The van der Waals surface area contributed by atoms with Gasteiger partial charge in [-0.05, 0) is 31.7 Å². The first-order chi connectivity index (χ1) is 10.2. The van der Waals surface area contributed by atoms with Gasteiger partial charge in [-0.25, -0.2) is 8.42 Å². The summed E-state index contributed by atoms with van der Waals surface area (Å²) >= 11 is 0. The number of ether oxygens (including phenoxy) is 1. The Morgan fingerprint density at radius 2 is 2.10 bits per heavy atom. The summed E-state index contributed by atoms with van der Waals surface area (Å²) in [7, 11) is -3.10. The summed E-state index contributed by atoms with van der Waals surface area (Å²) in [6.07, 6.45) is 7.32. The Morgan fingerprint density at radius 1 is 1.24 bits per heavy atom. The number of aromatic nitrogens is 2. The fraction of sp³-hybridized carbons (Fsp3) is 0.786. The Labute approximate surface area is 125 Å². The Hall–Kier alpha value is -0.920. The minimum atomic E-state index is -3.10. The topological polar surface area (TPSA) is 64.4 Å². The molecule has 0 amide bonds. The van der Waals surface area contributed by atoms with E-state index in [2.05, 4.69) is 5.10 Å². The molecular weight excluding hydrogens is 290 g/mol. The van der Waals surface area contributed by atoms with E-state index in [0.29, 0.717) is 19.1 Å². The summed E-state index contributed by atoms with van der Waals surface area (Å²) in [6.45, 7) is 1.85. The molecule has 0 unspecified atom stereocenters. The van der Waals surface area contributed by atoms with Crippen molar-refractivity contribution in [3.8, 4) is 0 Å². The van der Waals surface area contributed by atoms with E-state index in [1.54, 1.807) is 10.5 Å². The number of hydrogen-bond donors (Lipinski definition) is 0. The van der Waals surface area contributed by atoms with Crippen LogP contribution >= 0.6 is 0 Å². The lowest BCUT2D eigenvalue weighted by Gasteiger charge is -2.38. The predicted octanol–water partition coefficient (Wildman–Crippen LogP) is 0.855. The van der Waals surface area contributed by atoms with Gasteiger partial charge in [0, 0.05) is 31.4 Å². The van der Waals surface area contributed by atoms with E-state index >= 15 is 0 Å². The van der Waals surface area contributed by atoms with Gasteiger partial charge in [-0.3, -0.25) is 4.68 Å². The standard InChI is InChI=1S/C14H21N3O3S/c18-21(19,12-3-4-12)17-8-9-20-14-11(2-5-13(14)17)10-16-7-1-6-15-16/h1,6-7,11-14H,2-5,8-10H2/t11-,13+,14+/m1/s1. The predicted molar refractivity (Wildman–Crippen MR) is 77.1 cm³/mol. The molecule has 0 radical (unpaired) electrons. The van der Waals surface area contributed by atoms with Crippen LogP contribution < -0.4 is 0 Å². The third kappa shape index (κ3) is 2.41. The lowest BCUT2D eigenvalue weighted by molar-refractivity contribution is -0.0491. The Kier molecular flexibility index (Phi) is 3.31. The van der Waals surface area contributed by atoms with Crippen molar-refractivity contribution in [3.63, 3.8) is 0 Å². The van der Waals surface area contributed by atoms with E-state index < -0.39 is 10.0 Å². The average Bonchev–Trinajstić information content (AvgIpc) is 3.09. The summed E-state index contributed by atoms with van der Waals surface area (Å²) in [4.78, 5) is 0. The second kappa shape index (κ2) is 5.07. The molecule has 0 N–H and O–H groups in total. The number of morpholine rings is 1. The van der Waals surface area contributed by atoms with Crippen LogP contribution in [-0.4, -0.2) is 53.1 Å². The van der Waals surface area contributed by atoms with Gasteiger partial charge >= 0.3 is 0 Å². The molecule has 3 fully saturated rings. The van der Waals surface area contributed by atoms with Crippen LogP contribution in [0.1, 0.15) is 25.7 Å². The highest BCUT2D eigenvalue weighted by atomic mass is 32.2. The fourth-order valence-electron chi connectivity index (χ4n) is 3.74. The van der Waals surface area contributed by atoms with Crippen molar-refractivity contribution in [2.45, 2.75) is 49.6 Å². The molecule has 2 aliphatic carbocycles. The van der Waals surface area contributed by atoms with Gasteiger partial charge in [0.05, 0.1) is 24.0 Å². The summed E-state index contributed by atoms with van der Waals surface area (Å²) in [5, 5.41) is 4.13. The van der Waals surface area contributed by atoms with Crippen LogP contribution in [0.4, 0.5) is 0 Å². The summed E-state index contributed by atoms with van der Waals surface area (Å²) in [5.41, 5.74) is 0. The zero-order valence-corrected chi connectivity index (χ0v) is 12.8. The van der Waals surface area contributed by atoms with Crippen LogP contribution in [0.2, 0.25) is 0 Å². The van der Waals surface area contributed by atoms with E-state index in [9.17, 15) is 8.42 Å². The molecule has 21 heavy (non-hydrogen) atoms. The fourth-order valence-corrected chi connectivity index (χ4v) is 5.79. The van der Waals surface area contributed by atoms with Crippen LogP contribution in [0.3, 0.4) is 0 Å². The van der Waals surface area contributed by atoms with Gasteiger partial charge in [-0.15, -0.1) is 0 Å². The van der Waals surface area contributed by atoms with Gasteiger partial charge in [0.1, 0.15) is 0 Å². The molecule has 0 bridgehead atoms. The molecule has 1 aromatic heterocycles. The van der Waals surface area contributed by atoms with Gasteiger partial charge in [-0.1, -0.05) is 0 Å². The van der Waals surface area contributed by atoms with Crippen molar-refractivity contribution in [3.05, 3.63) is 18.5 Å². The minimum Gasteiger partial charge on any atom is -0.375 e. The lowest BCUT2D eigenvalue weighted by atomic mass is 10.0. The SMILES string of the molecule is O=S(=O)(C1CC1)N1CCO[C@H]2[C@@H](Cn3cccn3)CC[C@@H]21. The van der Waals surface area contributed by atoms with Crippen molar-refractivity contribution >= 4 is 10.0 Å². The van der Waals surface area contributed by atoms with Gasteiger partial charge in [0.15, 0.2) is 0 Å². The van der Waals surface area contributed by atoms with Crippen molar-refractivity contribution < 1.29 is 13.2 Å². The first-order valence-electron chi connectivity index (χ1n) is 7.76. The molecule has 3 atom stereocenters. The van der Waals surface area contributed by atoms with E-state index in [-0.39, 0.29) is 17.4 Å². The van der Waals surface area contributed by atoms with E-state index in [0.717, 1.165) is 32.2 Å². The van der Waals surface area contributed by atoms with Gasteiger partial charge < -0.3 is 4.74 Å². The lowest BCUT2D eigenvalue weighted by Crippen LogP contribution is -2.53. The summed E-state index contributed by atoms with van der Waals surface area (Å²) in [6, 6.07) is 1.95. The maximum absolute atomic E-state index is 12.6. The zero-order chi connectivity index (χ0) is 14.4. The summed E-state index contributed by atoms with van der Waals surface area (Å²) in [5.74, 6) is 0.354. The third-order valence-corrected chi connectivity index (χ3v) is 7.34. The Bertz CT molecular complexity index is 597. The molecular formula is C14H21N3O3S. The maximum atomic E-state index is 12.6. The maximum Gasteiger partial charge on any atom is 0.217 e. The molecule has 6 nitrogen and oxygen atoms in total. The summed E-state index contributed by atoms with van der Waals surface area (Å²) < 4.78 is 34.7. The number of sulfonamides is 1. The van der Waals surface area contributed by atoms with E-state index in [1.807, 2.05) is 16.9 Å². The smallest absolute Gasteiger partial charge is 0.217 e. The normalized spacial score (nSPS) is 34.0. The molecule has 1 aromatic rings. The van der Waals surface area contributed by atoms with E-state index in [4.69, 9.17) is 4.74 Å². The molecule has 116 valence electrons. The minimum absolute atomic E-state index is 0.0245. The highest BCUT2D eigenvalue weighted by molar-refractivity contribution is 7.90. The second-order valence-corrected chi connectivity index (χ2v) is 8.49. The molecule has 1 aliphatic heterocycles. The average molecular weight is 311 g/mol. The molecule has 1 saturated heterocycles. The van der Waals surface area contributed by atoms with Crippen LogP contribution in [0.15, 0.2) is 18.5 Å². The number of nitrogens with zero attached hydrogens (tertiary/aromatic N) is 3. The first-order valence-corrected chi connectivity index (χ1v) is 9.26. The number of fused-ring (bicyclic) bond motifs is 1. The van der Waals surface area contributed by atoms with Crippen LogP contribution in [0.25, 0.3) is 0 Å². The van der Waals surface area contributed by atoms with Crippen LogP contribution in [0.5, 0.6) is 0 Å². The monoisotopic (exact) mass is 311 g/mol. The van der Waals surface area contributed by atoms with Crippen LogP contribution in [-0.2, 0) is 21.3 Å². The first kappa shape index (κ1) is 13.7. The highest BCUT2D eigenvalue weighted by Crippen LogP contribution is 2.40. The third-order valence-electron chi connectivity index (χ3n) is 4.92. The Morgan fingerprint density at radius 3 is 2.81 bits per heavy atom.